The number of halogens is 10. The number of benzene rings is 4. The van der Waals surface area contributed by atoms with Crippen molar-refractivity contribution in [2.45, 2.75) is 32.2 Å². The second kappa shape index (κ2) is 11.3. The van der Waals surface area contributed by atoms with Gasteiger partial charge in [-0.2, -0.15) is 8.78 Å². The zero-order chi connectivity index (χ0) is 30.1. The summed E-state index contributed by atoms with van der Waals surface area (Å²) < 4.78 is 147. The van der Waals surface area contributed by atoms with E-state index in [2.05, 4.69) is 9.47 Å². The molecule has 4 aromatic carbocycles. The molecule has 2 nitrogen and oxygen atoms in total. The van der Waals surface area contributed by atoms with Gasteiger partial charge < -0.3 is 9.47 Å². The lowest BCUT2D eigenvalue weighted by Gasteiger charge is -2.20. The Morgan fingerprint density at radius 3 is 1.73 bits per heavy atom. The van der Waals surface area contributed by atoms with Crippen LogP contribution in [0.2, 0.25) is 0 Å². The van der Waals surface area contributed by atoms with E-state index in [0.29, 0.717) is 42.3 Å². The monoisotopic (exact) mass is 588 g/mol. The third kappa shape index (κ3) is 6.75. The molecule has 0 amide bonds. The minimum atomic E-state index is -5.17. The molecule has 0 spiro atoms. The summed E-state index contributed by atoms with van der Waals surface area (Å²) in [5.41, 5.74) is -2.40. The van der Waals surface area contributed by atoms with E-state index in [4.69, 9.17) is 0 Å². The van der Waals surface area contributed by atoms with Gasteiger partial charge in [0.2, 0.25) is 0 Å². The van der Waals surface area contributed by atoms with E-state index in [-0.39, 0.29) is 16.7 Å². The number of ether oxygens (including phenoxy) is 2. The molecule has 0 aliphatic heterocycles. The maximum Gasteiger partial charge on any atom is 0.573 e. The smallest absolute Gasteiger partial charge is 0.429 e. The van der Waals surface area contributed by atoms with Crippen LogP contribution in [0.5, 0.6) is 11.5 Å². The molecule has 0 saturated heterocycles. The summed E-state index contributed by atoms with van der Waals surface area (Å²) >= 11 is 0. The lowest BCUT2D eigenvalue weighted by atomic mass is 9.99. The van der Waals surface area contributed by atoms with Crippen LogP contribution < -0.4 is 9.47 Å². The molecular formula is C29H18F10O2. The molecule has 4 aromatic rings. The number of rotatable bonds is 8. The average Bonchev–Trinajstić information content (AvgIpc) is 2.84. The Labute approximate surface area is 226 Å². The van der Waals surface area contributed by atoms with Crippen molar-refractivity contribution >= 4 is 0 Å². The number of alkyl halides is 5. The van der Waals surface area contributed by atoms with Gasteiger partial charge in [-0.3, -0.25) is 0 Å². The minimum Gasteiger partial charge on any atom is -0.429 e. The van der Waals surface area contributed by atoms with Crippen molar-refractivity contribution < 1.29 is 53.4 Å². The molecule has 0 heterocycles. The molecule has 41 heavy (non-hydrogen) atoms. The fourth-order valence-electron chi connectivity index (χ4n) is 4.11. The molecule has 0 radical (unpaired) electrons. The number of aryl methyl sites for hydroxylation is 1. The molecular weight excluding hydrogens is 570 g/mol. The van der Waals surface area contributed by atoms with Gasteiger partial charge >= 0.3 is 12.5 Å². The zero-order valence-electron chi connectivity index (χ0n) is 20.9. The molecule has 0 aliphatic rings. The standard InChI is InChI=1S/C29H18F10O2/c1-2-3-15-4-7-20(21(30)10-15)17-12-24(33)27(25(34)13-17)28(35,36)40-18-6-8-19(22(31)14-18)16-5-9-26(23(32)11-16)41-29(37,38)39/h4-14H,2-3H2,1H3. The van der Waals surface area contributed by atoms with E-state index in [9.17, 15) is 43.9 Å². The molecule has 4 rings (SSSR count). The second-order valence-electron chi connectivity index (χ2n) is 8.83. The van der Waals surface area contributed by atoms with Crippen molar-refractivity contribution in [3.05, 3.63) is 107 Å². The molecule has 0 saturated carbocycles. The Kier molecular flexibility index (Phi) is 8.23. The summed E-state index contributed by atoms with van der Waals surface area (Å²) in [5, 5.41) is 0. The van der Waals surface area contributed by atoms with Crippen LogP contribution in [0.25, 0.3) is 22.3 Å². The summed E-state index contributed by atoms with van der Waals surface area (Å²) in [7, 11) is 0. The van der Waals surface area contributed by atoms with Crippen molar-refractivity contribution in [3.63, 3.8) is 0 Å². The summed E-state index contributed by atoms with van der Waals surface area (Å²) in [4.78, 5) is 0. The average molecular weight is 588 g/mol. The Bertz CT molecular complexity index is 1560. The maximum absolute atomic E-state index is 14.8. The first-order valence-corrected chi connectivity index (χ1v) is 11.9. The van der Waals surface area contributed by atoms with Gasteiger partial charge in [-0.05, 0) is 65.6 Å². The van der Waals surface area contributed by atoms with Crippen LogP contribution in [0.3, 0.4) is 0 Å². The zero-order valence-corrected chi connectivity index (χ0v) is 20.9. The highest BCUT2D eigenvalue weighted by Gasteiger charge is 2.41. The molecule has 0 N–H and O–H groups in total. The fourth-order valence-corrected chi connectivity index (χ4v) is 4.11. The van der Waals surface area contributed by atoms with Gasteiger partial charge in [0.25, 0.3) is 0 Å². The van der Waals surface area contributed by atoms with Crippen LogP contribution in [-0.2, 0) is 12.5 Å². The summed E-state index contributed by atoms with van der Waals surface area (Å²) in [6.07, 6.45) is -8.55. The Balaban J connectivity index is 1.58. The maximum atomic E-state index is 14.8. The predicted octanol–water partition coefficient (Wildman–Crippen LogP) is 9.70. The Hall–Kier alpha value is -4.22. The molecule has 0 fully saturated rings. The minimum absolute atomic E-state index is 0.217. The Morgan fingerprint density at radius 1 is 0.585 bits per heavy atom. The SMILES string of the molecule is CCCc1ccc(-c2cc(F)c(C(F)(F)Oc3ccc(-c4ccc(OC(F)(F)F)c(F)c4)c(F)c3)c(F)c2)c(F)c1. The number of hydrogen-bond acceptors (Lipinski definition) is 2. The van der Waals surface area contributed by atoms with Crippen LogP contribution >= 0.6 is 0 Å². The largest absolute Gasteiger partial charge is 0.573 e. The molecule has 0 bridgehead atoms. The van der Waals surface area contributed by atoms with Gasteiger partial charge in [-0.15, -0.1) is 13.2 Å². The third-order valence-corrected chi connectivity index (χ3v) is 5.87. The van der Waals surface area contributed by atoms with Crippen LogP contribution in [0.4, 0.5) is 43.9 Å². The van der Waals surface area contributed by atoms with Crippen molar-refractivity contribution in [3.8, 4) is 33.8 Å². The summed E-state index contributed by atoms with van der Waals surface area (Å²) in [6, 6.07) is 9.08. The van der Waals surface area contributed by atoms with Crippen molar-refractivity contribution in [2.75, 3.05) is 0 Å². The van der Waals surface area contributed by atoms with Gasteiger partial charge in [0.05, 0.1) is 0 Å². The first-order chi connectivity index (χ1) is 19.2. The molecule has 0 unspecified atom stereocenters. The second-order valence-corrected chi connectivity index (χ2v) is 8.83. The first-order valence-electron chi connectivity index (χ1n) is 11.9. The van der Waals surface area contributed by atoms with E-state index >= 15 is 0 Å². The molecule has 0 aromatic heterocycles. The molecule has 12 heteroatoms. The highest BCUT2D eigenvalue weighted by Crippen LogP contribution is 2.39. The summed E-state index contributed by atoms with van der Waals surface area (Å²) in [6.45, 7) is 1.88. The van der Waals surface area contributed by atoms with Crippen molar-refractivity contribution in [1.82, 2.24) is 0 Å². The van der Waals surface area contributed by atoms with E-state index in [1.165, 1.54) is 12.1 Å². The van der Waals surface area contributed by atoms with Gasteiger partial charge in [-0.25, -0.2) is 22.0 Å². The summed E-state index contributed by atoms with van der Waals surface area (Å²) in [5.74, 6) is -9.10. The van der Waals surface area contributed by atoms with Crippen LogP contribution in [0.1, 0.15) is 24.5 Å². The Morgan fingerprint density at radius 2 is 1.17 bits per heavy atom. The molecule has 0 aliphatic carbocycles. The van der Waals surface area contributed by atoms with Gasteiger partial charge in [-0.1, -0.05) is 31.5 Å². The van der Waals surface area contributed by atoms with E-state index in [1.807, 2.05) is 6.92 Å². The van der Waals surface area contributed by atoms with E-state index < -0.39 is 64.2 Å². The van der Waals surface area contributed by atoms with Crippen molar-refractivity contribution in [1.29, 1.82) is 0 Å². The lowest BCUT2D eigenvalue weighted by Crippen LogP contribution is -2.25. The van der Waals surface area contributed by atoms with Crippen LogP contribution in [0, 0.1) is 29.1 Å². The van der Waals surface area contributed by atoms with Crippen molar-refractivity contribution in [2.24, 2.45) is 0 Å². The quantitative estimate of drug-likeness (QED) is 0.191. The van der Waals surface area contributed by atoms with Gasteiger partial charge in [0.15, 0.2) is 11.6 Å². The highest BCUT2D eigenvalue weighted by atomic mass is 19.4. The highest BCUT2D eigenvalue weighted by molar-refractivity contribution is 5.67. The topological polar surface area (TPSA) is 18.5 Å². The number of hydrogen-bond donors (Lipinski definition) is 0. The predicted molar refractivity (Wildman–Crippen MR) is 129 cm³/mol. The fraction of sp³-hybridized carbons (Fsp3) is 0.172. The lowest BCUT2D eigenvalue weighted by molar-refractivity contribution is -0.275. The van der Waals surface area contributed by atoms with Gasteiger partial charge in [0.1, 0.15) is 34.6 Å². The molecule has 0 atom stereocenters. The third-order valence-electron chi connectivity index (χ3n) is 5.87. The first kappa shape index (κ1) is 29.8. The van der Waals surface area contributed by atoms with E-state index in [1.54, 1.807) is 6.07 Å². The van der Waals surface area contributed by atoms with Crippen LogP contribution in [-0.4, -0.2) is 6.36 Å². The molecule has 216 valence electrons. The normalized spacial score (nSPS) is 12.0. The van der Waals surface area contributed by atoms with Gasteiger partial charge in [0, 0.05) is 17.2 Å². The van der Waals surface area contributed by atoms with Crippen LogP contribution in [0.15, 0.2) is 66.7 Å². The van der Waals surface area contributed by atoms with E-state index in [0.717, 1.165) is 24.6 Å².